The minimum absolute atomic E-state index is 0.385. The predicted octanol–water partition coefficient (Wildman–Crippen LogP) is 1.50. The van der Waals surface area contributed by atoms with Crippen molar-refractivity contribution >= 4 is 23.2 Å². The SMILES string of the molecule is CC(Nc1ccc(Cl)cc1C#N)C(N)=O. The van der Waals surface area contributed by atoms with E-state index in [2.05, 4.69) is 5.32 Å². The van der Waals surface area contributed by atoms with Crippen molar-refractivity contribution in [2.24, 2.45) is 5.73 Å². The maximum Gasteiger partial charge on any atom is 0.239 e. The monoisotopic (exact) mass is 223 g/mol. The molecule has 3 N–H and O–H groups in total. The lowest BCUT2D eigenvalue weighted by Crippen LogP contribution is -2.32. The van der Waals surface area contributed by atoms with Crippen molar-refractivity contribution in [1.29, 1.82) is 5.26 Å². The van der Waals surface area contributed by atoms with Gasteiger partial charge in [0.2, 0.25) is 5.91 Å². The van der Waals surface area contributed by atoms with E-state index in [4.69, 9.17) is 22.6 Å². The van der Waals surface area contributed by atoms with Gasteiger partial charge in [-0.05, 0) is 25.1 Å². The zero-order chi connectivity index (χ0) is 11.4. The van der Waals surface area contributed by atoms with Crippen molar-refractivity contribution < 1.29 is 4.79 Å². The number of carbonyl (C=O) groups is 1. The summed E-state index contributed by atoms with van der Waals surface area (Å²) in [5.41, 5.74) is 6.03. The van der Waals surface area contributed by atoms with Gasteiger partial charge in [0.15, 0.2) is 0 Å². The second-order valence-electron chi connectivity index (χ2n) is 3.07. The first-order chi connectivity index (χ1) is 7.04. The van der Waals surface area contributed by atoms with Gasteiger partial charge in [0.05, 0.1) is 11.3 Å². The second-order valence-corrected chi connectivity index (χ2v) is 3.51. The Morgan fingerprint density at radius 1 is 1.67 bits per heavy atom. The molecule has 15 heavy (non-hydrogen) atoms. The van der Waals surface area contributed by atoms with Crippen LogP contribution in [0.15, 0.2) is 18.2 Å². The van der Waals surface area contributed by atoms with Gasteiger partial charge in [-0.15, -0.1) is 0 Å². The van der Waals surface area contributed by atoms with E-state index in [0.29, 0.717) is 16.3 Å². The van der Waals surface area contributed by atoms with Crippen LogP contribution in [0.5, 0.6) is 0 Å². The molecule has 0 bridgehead atoms. The number of nitrogens with one attached hydrogen (secondary N) is 1. The number of amides is 1. The van der Waals surface area contributed by atoms with Crippen LogP contribution in [0.1, 0.15) is 12.5 Å². The van der Waals surface area contributed by atoms with Gasteiger partial charge in [-0.1, -0.05) is 11.6 Å². The van der Waals surface area contributed by atoms with Gasteiger partial charge < -0.3 is 11.1 Å². The quantitative estimate of drug-likeness (QED) is 0.815. The number of nitriles is 1. The fraction of sp³-hybridized carbons (Fsp3) is 0.200. The average molecular weight is 224 g/mol. The molecular weight excluding hydrogens is 214 g/mol. The Bertz CT molecular complexity index is 425. The molecule has 0 radical (unpaired) electrons. The van der Waals surface area contributed by atoms with Crippen molar-refractivity contribution in [2.45, 2.75) is 13.0 Å². The summed E-state index contributed by atoms with van der Waals surface area (Å²) in [4.78, 5) is 10.8. The fourth-order valence-corrected chi connectivity index (χ4v) is 1.21. The Hall–Kier alpha value is -1.73. The maximum atomic E-state index is 10.8. The highest BCUT2D eigenvalue weighted by Crippen LogP contribution is 2.20. The fourth-order valence-electron chi connectivity index (χ4n) is 1.04. The van der Waals surface area contributed by atoms with E-state index in [9.17, 15) is 4.79 Å². The molecule has 0 spiro atoms. The lowest BCUT2D eigenvalue weighted by atomic mass is 10.1. The molecule has 4 nitrogen and oxygen atoms in total. The minimum Gasteiger partial charge on any atom is -0.373 e. The molecule has 1 unspecified atom stereocenters. The molecule has 0 saturated carbocycles. The number of benzene rings is 1. The van der Waals surface area contributed by atoms with Gasteiger partial charge in [-0.25, -0.2) is 0 Å². The summed E-state index contributed by atoms with van der Waals surface area (Å²) in [5.74, 6) is -0.478. The molecule has 5 heteroatoms. The van der Waals surface area contributed by atoms with E-state index >= 15 is 0 Å². The van der Waals surface area contributed by atoms with E-state index in [0.717, 1.165) is 0 Å². The number of primary amides is 1. The van der Waals surface area contributed by atoms with E-state index in [1.807, 2.05) is 6.07 Å². The normalized spacial score (nSPS) is 11.5. The third-order valence-electron chi connectivity index (χ3n) is 1.90. The molecule has 0 aliphatic carbocycles. The molecule has 0 aromatic heterocycles. The van der Waals surface area contributed by atoms with Crippen LogP contribution in [-0.4, -0.2) is 11.9 Å². The number of rotatable bonds is 3. The number of nitrogens with zero attached hydrogens (tertiary/aromatic N) is 1. The van der Waals surface area contributed by atoms with Crippen LogP contribution in [-0.2, 0) is 4.79 Å². The van der Waals surface area contributed by atoms with Gasteiger partial charge in [0.25, 0.3) is 0 Å². The molecular formula is C10H10ClN3O. The summed E-state index contributed by atoms with van der Waals surface area (Å²) in [6, 6.07) is 6.25. The third-order valence-corrected chi connectivity index (χ3v) is 2.14. The largest absolute Gasteiger partial charge is 0.373 e. The maximum absolute atomic E-state index is 10.8. The molecule has 1 aromatic rings. The summed E-state index contributed by atoms with van der Waals surface area (Å²) >= 11 is 5.72. The van der Waals surface area contributed by atoms with Gasteiger partial charge >= 0.3 is 0 Å². The molecule has 0 aliphatic rings. The number of nitrogens with two attached hydrogens (primary N) is 1. The van der Waals surface area contributed by atoms with E-state index < -0.39 is 11.9 Å². The van der Waals surface area contributed by atoms with Crippen LogP contribution in [0.4, 0.5) is 5.69 Å². The van der Waals surface area contributed by atoms with Gasteiger partial charge in [-0.3, -0.25) is 4.79 Å². The lowest BCUT2D eigenvalue weighted by molar-refractivity contribution is -0.118. The first-order valence-corrected chi connectivity index (χ1v) is 4.68. The van der Waals surface area contributed by atoms with Crippen LogP contribution in [0.25, 0.3) is 0 Å². The highest BCUT2D eigenvalue weighted by atomic mass is 35.5. The summed E-state index contributed by atoms with van der Waals surface area (Å²) < 4.78 is 0. The highest BCUT2D eigenvalue weighted by molar-refractivity contribution is 6.30. The molecule has 1 amide bonds. The molecule has 0 saturated heterocycles. The van der Waals surface area contributed by atoms with Crippen molar-refractivity contribution in [3.05, 3.63) is 28.8 Å². The highest BCUT2D eigenvalue weighted by Gasteiger charge is 2.10. The van der Waals surface area contributed by atoms with Crippen molar-refractivity contribution in [3.63, 3.8) is 0 Å². The number of hydrogen-bond donors (Lipinski definition) is 2. The summed E-state index contributed by atoms with van der Waals surface area (Å²) in [7, 11) is 0. The first-order valence-electron chi connectivity index (χ1n) is 4.30. The van der Waals surface area contributed by atoms with Crippen LogP contribution < -0.4 is 11.1 Å². The summed E-state index contributed by atoms with van der Waals surface area (Å²) in [6.45, 7) is 1.62. The molecule has 78 valence electrons. The van der Waals surface area contributed by atoms with E-state index in [1.165, 1.54) is 6.07 Å². The smallest absolute Gasteiger partial charge is 0.239 e. The Labute approximate surface area is 92.6 Å². The topological polar surface area (TPSA) is 78.9 Å². The van der Waals surface area contributed by atoms with Crippen molar-refractivity contribution in [2.75, 3.05) is 5.32 Å². The molecule has 1 atom stereocenters. The average Bonchev–Trinajstić information content (AvgIpc) is 2.20. The number of hydrogen-bond acceptors (Lipinski definition) is 3. The Kier molecular flexibility index (Phi) is 3.53. The van der Waals surface area contributed by atoms with Crippen LogP contribution in [0, 0.1) is 11.3 Å². The van der Waals surface area contributed by atoms with Gasteiger partial charge in [0, 0.05) is 5.02 Å². The molecule has 1 aromatic carbocycles. The third kappa shape index (κ3) is 2.86. The van der Waals surface area contributed by atoms with Crippen LogP contribution in [0.2, 0.25) is 5.02 Å². The molecule has 0 fully saturated rings. The Morgan fingerprint density at radius 3 is 2.87 bits per heavy atom. The molecule has 1 rings (SSSR count). The number of anilines is 1. The molecule has 0 aliphatic heterocycles. The Balaban J connectivity index is 2.96. The van der Waals surface area contributed by atoms with Crippen molar-refractivity contribution in [3.8, 4) is 6.07 Å². The Morgan fingerprint density at radius 2 is 2.33 bits per heavy atom. The predicted molar refractivity (Wildman–Crippen MR) is 58.4 cm³/mol. The standard InChI is InChI=1S/C10H10ClN3O/c1-6(10(13)15)14-9-3-2-8(11)4-7(9)5-12/h2-4,6,14H,1H3,(H2,13,15). The van der Waals surface area contributed by atoms with E-state index in [1.54, 1.807) is 19.1 Å². The summed E-state index contributed by atoms with van der Waals surface area (Å²) in [6.07, 6.45) is 0. The number of carbonyl (C=O) groups excluding carboxylic acids is 1. The number of halogens is 1. The minimum atomic E-state index is -0.529. The van der Waals surface area contributed by atoms with Crippen LogP contribution in [0.3, 0.4) is 0 Å². The zero-order valence-electron chi connectivity index (χ0n) is 8.12. The first kappa shape index (κ1) is 11.3. The van der Waals surface area contributed by atoms with E-state index in [-0.39, 0.29) is 0 Å². The molecule has 0 heterocycles. The van der Waals surface area contributed by atoms with Crippen molar-refractivity contribution in [1.82, 2.24) is 0 Å². The van der Waals surface area contributed by atoms with Crippen LogP contribution >= 0.6 is 11.6 Å². The zero-order valence-corrected chi connectivity index (χ0v) is 8.88. The van der Waals surface area contributed by atoms with Gasteiger partial charge in [-0.2, -0.15) is 5.26 Å². The second kappa shape index (κ2) is 4.67. The van der Waals surface area contributed by atoms with Gasteiger partial charge in [0.1, 0.15) is 12.1 Å². The lowest BCUT2D eigenvalue weighted by Gasteiger charge is -2.12. The summed E-state index contributed by atoms with van der Waals surface area (Å²) in [5, 5.41) is 12.1.